The van der Waals surface area contributed by atoms with Crippen molar-refractivity contribution in [3.05, 3.63) is 0 Å². The number of hydrogen-bond donors (Lipinski definition) is 2. The first kappa shape index (κ1) is 17.2. The van der Waals surface area contributed by atoms with Crippen LogP contribution < -0.4 is 5.32 Å². The fraction of sp³-hybridized carbons (Fsp3) is 1.00. The number of hydrogen-bond acceptors (Lipinski definition) is 4. The van der Waals surface area contributed by atoms with Crippen LogP contribution in [0, 0.1) is 11.3 Å². The van der Waals surface area contributed by atoms with Crippen molar-refractivity contribution in [2.24, 2.45) is 11.3 Å². The van der Waals surface area contributed by atoms with Gasteiger partial charge in [0.05, 0.1) is 6.10 Å². The maximum Gasteiger partial charge on any atom is 0.0682 e. The minimum absolute atomic E-state index is 0.137. The summed E-state index contributed by atoms with van der Waals surface area (Å²) in [6, 6.07) is 1.13. The van der Waals surface area contributed by atoms with E-state index in [-0.39, 0.29) is 6.10 Å². The quantitative estimate of drug-likeness (QED) is 0.777. The Morgan fingerprint density at radius 2 is 2.05 bits per heavy atom. The highest BCUT2D eigenvalue weighted by Crippen LogP contribution is 2.42. The highest BCUT2D eigenvalue weighted by atomic mass is 16.3. The molecule has 0 aromatic carbocycles. The summed E-state index contributed by atoms with van der Waals surface area (Å²) in [6.07, 6.45) is 3.41. The lowest BCUT2D eigenvalue weighted by Gasteiger charge is -2.35. The van der Waals surface area contributed by atoms with E-state index in [0.29, 0.717) is 17.5 Å². The van der Waals surface area contributed by atoms with Gasteiger partial charge in [-0.3, -0.25) is 4.90 Å². The first-order chi connectivity index (χ1) is 9.83. The summed E-state index contributed by atoms with van der Waals surface area (Å²) in [4.78, 5) is 4.79. The zero-order chi connectivity index (χ0) is 15.6. The average molecular weight is 297 g/mol. The Labute approximate surface area is 130 Å². The van der Waals surface area contributed by atoms with Gasteiger partial charge in [0.1, 0.15) is 0 Å². The summed E-state index contributed by atoms with van der Waals surface area (Å²) in [7, 11) is 4.26. The van der Waals surface area contributed by atoms with E-state index in [2.05, 4.69) is 50.0 Å². The van der Waals surface area contributed by atoms with Gasteiger partial charge < -0.3 is 15.3 Å². The summed E-state index contributed by atoms with van der Waals surface area (Å²) in [5.74, 6) is 0.718. The summed E-state index contributed by atoms with van der Waals surface area (Å²) in [5.41, 5.74) is 0.399. The van der Waals surface area contributed by atoms with Gasteiger partial charge in [0.25, 0.3) is 0 Å². The molecule has 4 unspecified atom stereocenters. The number of aliphatic hydroxyl groups excluding tert-OH is 1. The molecule has 1 aliphatic carbocycles. The first-order valence-corrected chi connectivity index (χ1v) is 8.63. The molecule has 4 atom stereocenters. The molecule has 4 nitrogen and oxygen atoms in total. The van der Waals surface area contributed by atoms with E-state index >= 15 is 0 Å². The van der Waals surface area contributed by atoms with Gasteiger partial charge >= 0.3 is 0 Å². The smallest absolute Gasteiger partial charge is 0.0682 e. The van der Waals surface area contributed by atoms with Gasteiger partial charge in [0, 0.05) is 31.7 Å². The Kier molecular flexibility index (Phi) is 5.69. The van der Waals surface area contributed by atoms with Crippen LogP contribution in [0.4, 0.5) is 0 Å². The minimum atomic E-state index is -0.137. The molecule has 0 spiro atoms. The van der Waals surface area contributed by atoms with Crippen LogP contribution in [0.3, 0.4) is 0 Å². The van der Waals surface area contributed by atoms with Crippen molar-refractivity contribution in [1.82, 2.24) is 15.1 Å². The van der Waals surface area contributed by atoms with Crippen LogP contribution in [0.25, 0.3) is 0 Å². The molecule has 2 rings (SSSR count). The van der Waals surface area contributed by atoms with Crippen LogP contribution in [-0.2, 0) is 0 Å². The Balaban J connectivity index is 1.98. The van der Waals surface area contributed by atoms with Gasteiger partial charge in [-0.05, 0) is 51.2 Å². The fourth-order valence-corrected chi connectivity index (χ4v) is 4.47. The molecule has 124 valence electrons. The van der Waals surface area contributed by atoms with E-state index < -0.39 is 0 Å². The maximum absolute atomic E-state index is 10.1. The second kappa shape index (κ2) is 6.95. The zero-order valence-corrected chi connectivity index (χ0v) is 14.6. The van der Waals surface area contributed by atoms with Crippen LogP contribution in [-0.4, -0.2) is 73.4 Å². The molecule has 21 heavy (non-hydrogen) atoms. The van der Waals surface area contributed by atoms with E-state index in [1.54, 1.807) is 0 Å². The summed E-state index contributed by atoms with van der Waals surface area (Å²) < 4.78 is 0. The standard InChI is InChI=1S/C17H35N3O/c1-6-18-16-13(7-8-17(16,2)3)10-20-12-15(21)9-14(20)11-19(4)5/h13-16,18,21H,6-12H2,1-5H3. The number of likely N-dealkylation sites (tertiary alicyclic amines) is 1. The SMILES string of the molecule is CCNC1C(CN2CC(O)CC2CN(C)C)CCC1(C)C. The molecular formula is C17H35N3O. The highest BCUT2D eigenvalue weighted by molar-refractivity contribution is 4.99. The molecule has 2 fully saturated rings. The molecule has 2 N–H and O–H groups in total. The highest BCUT2D eigenvalue weighted by Gasteiger charge is 2.43. The van der Waals surface area contributed by atoms with E-state index in [1.165, 1.54) is 12.8 Å². The van der Waals surface area contributed by atoms with Crippen molar-refractivity contribution in [2.75, 3.05) is 40.3 Å². The normalized spacial score (nSPS) is 36.7. The van der Waals surface area contributed by atoms with Crippen molar-refractivity contribution < 1.29 is 5.11 Å². The summed E-state index contributed by atoms with van der Waals surface area (Å²) in [6.45, 7) is 11.1. The lowest BCUT2D eigenvalue weighted by atomic mass is 9.84. The molecule has 1 heterocycles. The van der Waals surface area contributed by atoms with Crippen LogP contribution in [0.15, 0.2) is 0 Å². The third-order valence-corrected chi connectivity index (χ3v) is 5.45. The van der Waals surface area contributed by atoms with E-state index in [1.807, 2.05) is 0 Å². The molecule has 0 radical (unpaired) electrons. The van der Waals surface area contributed by atoms with Crippen LogP contribution in [0.2, 0.25) is 0 Å². The van der Waals surface area contributed by atoms with Crippen molar-refractivity contribution >= 4 is 0 Å². The molecule has 0 aromatic rings. The molecule has 0 bridgehead atoms. The largest absolute Gasteiger partial charge is 0.392 e. The van der Waals surface area contributed by atoms with Gasteiger partial charge in [0.2, 0.25) is 0 Å². The van der Waals surface area contributed by atoms with E-state index in [0.717, 1.165) is 38.5 Å². The minimum Gasteiger partial charge on any atom is -0.392 e. The molecule has 1 saturated carbocycles. The number of likely N-dealkylation sites (N-methyl/N-ethyl adjacent to an activating group) is 1. The molecule has 4 heteroatoms. The summed E-state index contributed by atoms with van der Waals surface area (Å²) in [5, 5.41) is 13.8. The molecule has 1 saturated heterocycles. The number of β-amino-alcohol motifs (C(OH)–C–C–N with tert-alkyl or cyclic N) is 1. The molecule has 1 aliphatic heterocycles. The maximum atomic E-state index is 10.1. The summed E-state index contributed by atoms with van der Waals surface area (Å²) >= 11 is 0. The van der Waals surface area contributed by atoms with Gasteiger partial charge in [-0.2, -0.15) is 0 Å². The lowest BCUT2D eigenvalue weighted by molar-refractivity contribution is 0.143. The van der Waals surface area contributed by atoms with Crippen LogP contribution >= 0.6 is 0 Å². The van der Waals surface area contributed by atoms with Crippen molar-refractivity contribution in [1.29, 1.82) is 0 Å². The molecule has 2 aliphatic rings. The van der Waals surface area contributed by atoms with Gasteiger partial charge in [-0.15, -0.1) is 0 Å². The van der Waals surface area contributed by atoms with Gasteiger partial charge in [-0.25, -0.2) is 0 Å². The third kappa shape index (κ3) is 4.19. The Hall–Kier alpha value is -0.160. The average Bonchev–Trinajstić information content (AvgIpc) is 2.83. The van der Waals surface area contributed by atoms with Crippen molar-refractivity contribution in [3.63, 3.8) is 0 Å². The number of rotatable bonds is 6. The van der Waals surface area contributed by atoms with Crippen LogP contribution in [0.5, 0.6) is 0 Å². The van der Waals surface area contributed by atoms with E-state index in [9.17, 15) is 5.11 Å². The third-order valence-electron chi connectivity index (χ3n) is 5.45. The predicted octanol–water partition coefficient (Wildman–Crippen LogP) is 1.40. The number of nitrogens with zero attached hydrogens (tertiary/aromatic N) is 2. The second-order valence-corrected chi connectivity index (χ2v) is 8.08. The Morgan fingerprint density at radius 3 is 2.67 bits per heavy atom. The van der Waals surface area contributed by atoms with Crippen LogP contribution in [0.1, 0.15) is 40.0 Å². The lowest BCUT2D eigenvalue weighted by Crippen LogP contribution is -2.47. The predicted molar refractivity (Wildman–Crippen MR) is 88.5 cm³/mol. The zero-order valence-electron chi connectivity index (χ0n) is 14.6. The Bertz CT molecular complexity index is 332. The first-order valence-electron chi connectivity index (χ1n) is 8.63. The molecule has 0 aromatic heterocycles. The topological polar surface area (TPSA) is 38.7 Å². The molecule has 0 amide bonds. The van der Waals surface area contributed by atoms with Crippen molar-refractivity contribution in [2.45, 2.75) is 58.2 Å². The van der Waals surface area contributed by atoms with Gasteiger partial charge in [0.15, 0.2) is 0 Å². The molecular weight excluding hydrogens is 262 g/mol. The fourth-order valence-electron chi connectivity index (χ4n) is 4.47. The number of aliphatic hydroxyl groups is 1. The van der Waals surface area contributed by atoms with Crippen molar-refractivity contribution in [3.8, 4) is 0 Å². The monoisotopic (exact) mass is 297 g/mol. The van der Waals surface area contributed by atoms with Gasteiger partial charge in [-0.1, -0.05) is 20.8 Å². The number of nitrogens with one attached hydrogen (secondary N) is 1. The second-order valence-electron chi connectivity index (χ2n) is 8.08. The Morgan fingerprint density at radius 1 is 1.33 bits per heavy atom. The van der Waals surface area contributed by atoms with E-state index in [4.69, 9.17) is 0 Å².